The van der Waals surface area contributed by atoms with E-state index in [1.807, 2.05) is 7.05 Å². The Bertz CT molecular complexity index is 320. The van der Waals surface area contributed by atoms with Crippen LogP contribution >= 0.6 is 39.1 Å². The summed E-state index contributed by atoms with van der Waals surface area (Å²) in [7, 11) is 1.86. The monoisotopic (exact) mass is 297 g/mol. The van der Waals surface area contributed by atoms with Crippen LogP contribution in [-0.2, 0) is 0 Å². The Balaban J connectivity index is 2.72. The summed E-state index contributed by atoms with van der Waals surface area (Å²) >= 11 is 15.1. The van der Waals surface area contributed by atoms with Gasteiger partial charge in [-0.25, -0.2) is 0 Å². The predicted molar refractivity (Wildman–Crippen MR) is 63.6 cm³/mol. The minimum absolute atomic E-state index is 0.553. The van der Waals surface area contributed by atoms with Gasteiger partial charge in [0.2, 0.25) is 0 Å². The third-order valence-corrected chi connectivity index (χ3v) is 3.08. The minimum Gasteiger partial charge on any atom is -0.491 e. The van der Waals surface area contributed by atoms with Crippen molar-refractivity contribution in [1.29, 1.82) is 0 Å². The number of hydrogen-bond donors (Lipinski definition) is 1. The fraction of sp³-hybridized carbons (Fsp3) is 0.333. The maximum Gasteiger partial charge on any atom is 0.139 e. The van der Waals surface area contributed by atoms with Crippen LogP contribution < -0.4 is 10.1 Å². The molecule has 0 unspecified atom stereocenters. The van der Waals surface area contributed by atoms with Gasteiger partial charge >= 0.3 is 0 Å². The number of likely N-dealkylation sites (N-methyl/N-ethyl adjacent to an activating group) is 1. The second-order valence-corrected chi connectivity index (χ2v) is 4.32. The van der Waals surface area contributed by atoms with Gasteiger partial charge in [0.15, 0.2) is 0 Å². The summed E-state index contributed by atoms with van der Waals surface area (Å²) in [5.74, 6) is 0.607. The molecule has 0 saturated heterocycles. The highest BCUT2D eigenvalue weighted by Gasteiger charge is 2.06. The lowest BCUT2D eigenvalue weighted by atomic mass is 10.3. The fourth-order valence-corrected chi connectivity index (χ4v) is 1.73. The molecule has 0 aliphatic heterocycles. The standard InChI is InChI=1S/C9H10BrCl2NO/c1-13-2-3-14-9-5-7(11)6(10)4-8(9)12/h4-5,13H,2-3H2,1H3. The first-order chi connectivity index (χ1) is 6.65. The molecule has 78 valence electrons. The average molecular weight is 299 g/mol. The van der Waals surface area contributed by atoms with Crippen LogP contribution in [-0.4, -0.2) is 20.2 Å². The third-order valence-electron chi connectivity index (χ3n) is 1.58. The molecular weight excluding hydrogens is 289 g/mol. The van der Waals surface area contributed by atoms with Gasteiger partial charge < -0.3 is 10.1 Å². The SMILES string of the molecule is CNCCOc1cc(Cl)c(Br)cc1Cl. The third kappa shape index (κ3) is 3.31. The zero-order valence-electron chi connectivity index (χ0n) is 7.61. The Hall–Kier alpha value is 0.0400. The molecule has 0 spiro atoms. The normalized spacial score (nSPS) is 10.3. The van der Waals surface area contributed by atoms with Crippen molar-refractivity contribution in [3.63, 3.8) is 0 Å². The van der Waals surface area contributed by atoms with Crippen molar-refractivity contribution in [1.82, 2.24) is 5.32 Å². The van der Waals surface area contributed by atoms with E-state index in [4.69, 9.17) is 27.9 Å². The van der Waals surface area contributed by atoms with E-state index in [2.05, 4.69) is 21.2 Å². The van der Waals surface area contributed by atoms with E-state index in [9.17, 15) is 0 Å². The molecular formula is C9H10BrCl2NO. The molecule has 0 radical (unpaired) electrons. The summed E-state index contributed by atoms with van der Waals surface area (Å²) in [5, 5.41) is 4.12. The lowest BCUT2D eigenvalue weighted by Gasteiger charge is -2.08. The van der Waals surface area contributed by atoms with Crippen molar-refractivity contribution in [3.05, 3.63) is 26.7 Å². The molecule has 0 bridgehead atoms. The van der Waals surface area contributed by atoms with Crippen LogP contribution in [0.3, 0.4) is 0 Å². The largest absolute Gasteiger partial charge is 0.491 e. The number of rotatable bonds is 4. The van der Waals surface area contributed by atoms with Crippen LogP contribution in [0.25, 0.3) is 0 Å². The van der Waals surface area contributed by atoms with Gasteiger partial charge in [-0.2, -0.15) is 0 Å². The summed E-state index contributed by atoms with van der Waals surface area (Å²) in [4.78, 5) is 0. The zero-order valence-corrected chi connectivity index (χ0v) is 10.7. The lowest BCUT2D eigenvalue weighted by Crippen LogP contribution is -2.16. The smallest absolute Gasteiger partial charge is 0.139 e. The van der Waals surface area contributed by atoms with Crippen LogP contribution in [0.1, 0.15) is 0 Å². The highest BCUT2D eigenvalue weighted by atomic mass is 79.9. The molecule has 1 aromatic rings. The molecule has 0 fully saturated rings. The van der Waals surface area contributed by atoms with E-state index in [-0.39, 0.29) is 0 Å². The van der Waals surface area contributed by atoms with Crippen LogP contribution in [0, 0.1) is 0 Å². The Morgan fingerprint density at radius 1 is 1.36 bits per heavy atom. The molecule has 0 amide bonds. The lowest BCUT2D eigenvalue weighted by molar-refractivity contribution is 0.318. The summed E-state index contributed by atoms with van der Waals surface area (Å²) in [6.07, 6.45) is 0. The Morgan fingerprint density at radius 3 is 2.71 bits per heavy atom. The van der Waals surface area contributed by atoms with Crippen molar-refractivity contribution in [3.8, 4) is 5.75 Å². The number of ether oxygens (including phenoxy) is 1. The van der Waals surface area contributed by atoms with Crippen molar-refractivity contribution in [2.45, 2.75) is 0 Å². The molecule has 1 aromatic carbocycles. The summed E-state index contributed by atoms with van der Waals surface area (Å²) in [6.45, 7) is 1.33. The summed E-state index contributed by atoms with van der Waals surface area (Å²) < 4.78 is 6.18. The first-order valence-corrected chi connectivity index (χ1v) is 5.62. The van der Waals surface area contributed by atoms with Gasteiger partial charge in [-0.1, -0.05) is 23.2 Å². The molecule has 0 heterocycles. The maximum absolute atomic E-state index is 5.95. The van der Waals surface area contributed by atoms with Crippen molar-refractivity contribution >= 4 is 39.1 Å². The van der Waals surface area contributed by atoms with Crippen molar-refractivity contribution < 1.29 is 4.74 Å². The van der Waals surface area contributed by atoms with Crippen LogP contribution in [0.4, 0.5) is 0 Å². The molecule has 1 rings (SSSR count). The maximum atomic E-state index is 5.95. The van der Waals surface area contributed by atoms with Crippen LogP contribution in [0.15, 0.2) is 16.6 Å². The second kappa shape index (κ2) is 5.81. The number of hydrogen-bond acceptors (Lipinski definition) is 2. The van der Waals surface area contributed by atoms with Gasteiger partial charge in [0, 0.05) is 17.1 Å². The first-order valence-electron chi connectivity index (χ1n) is 4.07. The minimum atomic E-state index is 0.553. The molecule has 5 heteroatoms. The number of halogens is 3. The molecule has 0 aromatic heterocycles. The molecule has 0 aliphatic carbocycles. The van der Waals surface area contributed by atoms with Crippen molar-refractivity contribution in [2.75, 3.05) is 20.2 Å². The second-order valence-electron chi connectivity index (χ2n) is 2.65. The quantitative estimate of drug-likeness (QED) is 0.680. The topological polar surface area (TPSA) is 21.3 Å². The van der Waals surface area contributed by atoms with E-state index in [0.29, 0.717) is 22.4 Å². The average Bonchev–Trinajstić information content (AvgIpc) is 2.14. The van der Waals surface area contributed by atoms with E-state index in [1.54, 1.807) is 12.1 Å². The first kappa shape index (κ1) is 12.1. The molecule has 1 N–H and O–H groups in total. The Kier molecular flexibility index (Phi) is 5.02. The highest BCUT2D eigenvalue weighted by Crippen LogP contribution is 2.33. The fourth-order valence-electron chi connectivity index (χ4n) is 0.878. The van der Waals surface area contributed by atoms with Gasteiger partial charge in [-0.15, -0.1) is 0 Å². The van der Waals surface area contributed by atoms with E-state index >= 15 is 0 Å². The van der Waals surface area contributed by atoms with Crippen LogP contribution in [0.2, 0.25) is 10.0 Å². The molecule has 2 nitrogen and oxygen atoms in total. The highest BCUT2D eigenvalue weighted by molar-refractivity contribution is 9.10. The van der Waals surface area contributed by atoms with E-state index in [1.165, 1.54) is 0 Å². The Morgan fingerprint density at radius 2 is 2.07 bits per heavy atom. The van der Waals surface area contributed by atoms with Gasteiger partial charge in [0.25, 0.3) is 0 Å². The predicted octanol–water partition coefficient (Wildman–Crippen LogP) is 3.35. The van der Waals surface area contributed by atoms with Crippen LogP contribution in [0.5, 0.6) is 5.75 Å². The molecule has 0 atom stereocenters. The number of nitrogens with one attached hydrogen (secondary N) is 1. The van der Waals surface area contributed by atoms with Gasteiger partial charge in [-0.3, -0.25) is 0 Å². The van der Waals surface area contributed by atoms with Gasteiger partial charge in [0.1, 0.15) is 12.4 Å². The summed E-state index contributed by atoms with van der Waals surface area (Å²) in [5.41, 5.74) is 0. The summed E-state index contributed by atoms with van der Waals surface area (Å²) in [6, 6.07) is 3.42. The zero-order chi connectivity index (χ0) is 10.6. The molecule has 0 aliphatic rings. The molecule has 14 heavy (non-hydrogen) atoms. The van der Waals surface area contributed by atoms with Gasteiger partial charge in [-0.05, 0) is 29.0 Å². The van der Waals surface area contributed by atoms with Crippen molar-refractivity contribution in [2.24, 2.45) is 0 Å². The van der Waals surface area contributed by atoms with Gasteiger partial charge in [0.05, 0.1) is 10.0 Å². The van der Waals surface area contributed by atoms with E-state index in [0.717, 1.165) is 11.0 Å². The molecule has 0 saturated carbocycles. The van der Waals surface area contributed by atoms with E-state index < -0.39 is 0 Å². The number of benzene rings is 1. The Labute approximate surface area is 102 Å².